The maximum absolute atomic E-state index is 12.8. The molecule has 0 saturated carbocycles. The molecule has 0 radical (unpaired) electrons. The van der Waals surface area contributed by atoms with Crippen molar-refractivity contribution >= 4 is 49.4 Å². The molecule has 2 aromatic heterocycles. The third kappa shape index (κ3) is 7.26. The number of amides is 1. The van der Waals surface area contributed by atoms with Crippen molar-refractivity contribution in [2.24, 2.45) is 5.73 Å². The number of nitrogen functional groups attached to an aromatic ring is 1. The van der Waals surface area contributed by atoms with Crippen molar-refractivity contribution in [2.75, 3.05) is 36.9 Å². The molecule has 7 nitrogen and oxygen atoms in total. The lowest BCUT2D eigenvalue weighted by molar-refractivity contribution is 0.0917. The van der Waals surface area contributed by atoms with E-state index < -0.39 is 15.9 Å². The molecule has 0 spiro atoms. The molecule has 10 heteroatoms. The molecular formula is C30H31BrClN5O2S. The van der Waals surface area contributed by atoms with E-state index in [1.807, 2.05) is 54.0 Å². The molecule has 0 aliphatic carbocycles. The van der Waals surface area contributed by atoms with Gasteiger partial charge in [0.1, 0.15) is 12.4 Å². The molecule has 40 heavy (non-hydrogen) atoms. The standard InChI is InChI=1S/C30H31BrClN5O2S/c1-19-5-12-23(32)15-24(19)28-25(29(33)38)16-26(37(28)18-39-13-14-40(2,3)4)27-21(17-35-30(34)36-27)9-6-20-7-10-22(31)11-8-20/h5,7-8,10-12,15-17H,13-14,18H2,1-4H3,(H2,33,38)(H2,34,35,36). The van der Waals surface area contributed by atoms with Crippen LogP contribution in [0.3, 0.4) is 0 Å². The summed E-state index contributed by atoms with van der Waals surface area (Å²) in [7, 11) is -0.757. The Morgan fingerprint density at radius 2 is 1.85 bits per heavy atom. The highest BCUT2D eigenvalue weighted by Crippen LogP contribution is 2.37. The van der Waals surface area contributed by atoms with Crippen LogP contribution in [0.15, 0.2) is 59.2 Å². The highest BCUT2D eigenvalue weighted by atomic mass is 79.9. The van der Waals surface area contributed by atoms with E-state index in [1.54, 1.807) is 12.3 Å². The number of rotatable bonds is 8. The second-order valence-electron chi connectivity index (χ2n) is 10.1. The SMILES string of the molecule is Cc1ccc(Cl)cc1-c1c(C(N)=O)cc(-c2nc(N)ncc2C#Cc2ccc(Br)cc2)n1COCCS(C)(C)C. The Hall–Kier alpha value is -3.29. The molecule has 0 fully saturated rings. The monoisotopic (exact) mass is 639 g/mol. The van der Waals surface area contributed by atoms with E-state index in [4.69, 9.17) is 27.8 Å². The first-order chi connectivity index (χ1) is 18.9. The van der Waals surface area contributed by atoms with Crippen LogP contribution in [-0.2, 0) is 11.5 Å². The van der Waals surface area contributed by atoms with Gasteiger partial charge in [0, 0.05) is 32.6 Å². The smallest absolute Gasteiger partial charge is 0.250 e. The van der Waals surface area contributed by atoms with Gasteiger partial charge < -0.3 is 20.8 Å². The second-order valence-corrected chi connectivity index (χ2v) is 16.1. The number of aromatic nitrogens is 3. The third-order valence-electron chi connectivity index (χ3n) is 6.11. The largest absolute Gasteiger partial charge is 0.368 e. The summed E-state index contributed by atoms with van der Waals surface area (Å²) < 4.78 is 9.03. The fraction of sp³-hybridized carbons (Fsp3) is 0.233. The fourth-order valence-electron chi connectivity index (χ4n) is 4.03. The fourth-order valence-corrected chi connectivity index (χ4v) is 5.08. The number of hydrogen-bond acceptors (Lipinski definition) is 5. The summed E-state index contributed by atoms with van der Waals surface area (Å²) in [6, 6.07) is 14.9. The van der Waals surface area contributed by atoms with E-state index in [0.717, 1.165) is 26.9 Å². The molecule has 0 saturated heterocycles. The van der Waals surface area contributed by atoms with E-state index in [1.165, 1.54) is 0 Å². The lowest BCUT2D eigenvalue weighted by Gasteiger charge is -2.25. The van der Waals surface area contributed by atoms with Crippen molar-refractivity contribution in [3.8, 4) is 34.5 Å². The van der Waals surface area contributed by atoms with Gasteiger partial charge in [-0.25, -0.2) is 20.0 Å². The number of carbonyl (C=O) groups excluding carboxylic acids is 1. The second kappa shape index (κ2) is 12.5. The third-order valence-corrected chi connectivity index (χ3v) is 8.27. The predicted octanol–water partition coefficient (Wildman–Crippen LogP) is 6.09. The highest BCUT2D eigenvalue weighted by molar-refractivity contribution is 9.10. The zero-order valence-corrected chi connectivity index (χ0v) is 26.0. The number of primary amides is 1. The topological polar surface area (TPSA) is 109 Å². The van der Waals surface area contributed by atoms with Crippen molar-refractivity contribution < 1.29 is 9.53 Å². The molecule has 1 amide bonds. The molecular weight excluding hydrogens is 610 g/mol. The molecule has 0 atom stereocenters. The number of nitrogens with two attached hydrogens (primary N) is 2. The van der Waals surface area contributed by atoms with Crippen LogP contribution in [-0.4, -0.2) is 51.6 Å². The van der Waals surface area contributed by atoms with Crippen LogP contribution in [0.4, 0.5) is 5.95 Å². The lowest BCUT2D eigenvalue weighted by Crippen LogP contribution is -2.15. The number of aryl methyl sites for hydroxylation is 1. The van der Waals surface area contributed by atoms with Crippen molar-refractivity contribution in [3.63, 3.8) is 0 Å². The molecule has 208 valence electrons. The van der Waals surface area contributed by atoms with Crippen molar-refractivity contribution in [1.29, 1.82) is 0 Å². The van der Waals surface area contributed by atoms with E-state index >= 15 is 0 Å². The van der Waals surface area contributed by atoms with Gasteiger partial charge in [-0.3, -0.25) is 4.79 Å². The maximum Gasteiger partial charge on any atom is 0.250 e. The zero-order chi connectivity index (χ0) is 29.0. The number of carbonyl (C=O) groups is 1. The Morgan fingerprint density at radius 1 is 1.12 bits per heavy atom. The number of benzene rings is 2. The van der Waals surface area contributed by atoms with Gasteiger partial charge in [-0.15, -0.1) is 0 Å². The Morgan fingerprint density at radius 3 is 2.52 bits per heavy atom. The van der Waals surface area contributed by atoms with Crippen LogP contribution in [0, 0.1) is 18.8 Å². The molecule has 4 rings (SSSR count). The quantitative estimate of drug-likeness (QED) is 0.179. The summed E-state index contributed by atoms with van der Waals surface area (Å²) in [5.41, 5.74) is 17.0. The molecule has 2 heterocycles. The molecule has 0 aliphatic rings. The van der Waals surface area contributed by atoms with Gasteiger partial charge in [0.25, 0.3) is 5.91 Å². The van der Waals surface area contributed by atoms with Gasteiger partial charge in [-0.2, -0.15) is 0 Å². The van der Waals surface area contributed by atoms with Gasteiger partial charge in [0.05, 0.1) is 29.1 Å². The van der Waals surface area contributed by atoms with Crippen molar-refractivity contribution in [3.05, 3.63) is 86.5 Å². The first-order valence-corrected chi connectivity index (χ1v) is 16.6. The van der Waals surface area contributed by atoms with Crippen LogP contribution >= 0.6 is 37.6 Å². The lowest BCUT2D eigenvalue weighted by atomic mass is 10.0. The number of hydrogen-bond donors (Lipinski definition) is 2. The maximum atomic E-state index is 12.8. The molecule has 0 unspecified atom stereocenters. The number of halogens is 2. The Kier molecular flexibility index (Phi) is 9.26. The molecule has 0 aliphatic heterocycles. The van der Waals surface area contributed by atoms with E-state index in [0.29, 0.717) is 39.8 Å². The Balaban J connectivity index is 1.92. The molecule has 0 bridgehead atoms. The summed E-state index contributed by atoms with van der Waals surface area (Å²) >= 11 is 9.84. The van der Waals surface area contributed by atoms with E-state index in [-0.39, 0.29) is 12.7 Å². The van der Waals surface area contributed by atoms with Crippen LogP contribution in [0.25, 0.3) is 22.6 Å². The summed E-state index contributed by atoms with van der Waals surface area (Å²) in [4.78, 5) is 21.5. The van der Waals surface area contributed by atoms with Gasteiger partial charge in [-0.1, -0.05) is 45.4 Å². The normalized spacial score (nSPS) is 11.7. The van der Waals surface area contributed by atoms with Gasteiger partial charge in [0.15, 0.2) is 0 Å². The number of anilines is 1. The first kappa shape index (κ1) is 29.7. The average Bonchev–Trinajstić information content (AvgIpc) is 3.27. The van der Waals surface area contributed by atoms with Crippen LogP contribution < -0.4 is 11.5 Å². The summed E-state index contributed by atoms with van der Waals surface area (Å²) in [5, 5.41) is 0.537. The van der Waals surface area contributed by atoms with Crippen molar-refractivity contribution in [2.45, 2.75) is 13.7 Å². The van der Waals surface area contributed by atoms with Crippen LogP contribution in [0.5, 0.6) is 0 Å². The first-order valence-electron chi connectivity index (χ1n) is 12.4. The number of nitrogens with zero attached hydrogens (tertiary/aromatic N) is 3. The van der Waals surface area contributed by atoms with Crippen LogP contribution in [0.2, 0.25) is 5.02 Å². The van der Waals surface area contributed by atoms with E-state index in [2.05, 4.69) is 56.5 Å². The summed E-state index contributed by atoms with van der Waals surface area (Å²) in [5.74, 6) is 6.76. The Bertz CT molecular complexity index is 1620. The Labute approximate surface area is 249 Å². The molecule has 4 aromatic rings. The number of ether oxygens (including phenoxy) is 1. The minimum Gasteiger partial charge on any atom is -0.368 e. The van der Waals surface area contributed by atoms with Gasteiger partial charge in [-0.05, 0) is 73.7 Å². The molecule has 4 N–H and O–H groups in total. The van der Waals surface area contributed by atoms with Crippen LogP contribution in [0.1, 0.15) is 27.0 Å². The molecule has 2 aromatic carbocycles. The highest BCUT2D eigenvalue weighted by Gasteiger charge is 2.25. The van der Waals surface area contributed by atoms with Gasteiger partial charge >= 0.3 is 0 Å². The van der Waals surface area contributed by atoms with E-state index in [9.17, 15) is 4.79 Å². The van der Waals surface area contributed by atoms with Gasteiger partial charge in [0.2, 0.25) is 5.95 Å². The minimum atomic E-state index is -0.757. The average molecular weight is 641 g/mol. The van der Waals surface area contributed by atoms with Crippen molar-refractivity contribution in [1.82, 2.24) is 14.5 Å². The minimum absolute atomic E-state index is 0.0790. The summed E-state index contributed by atoms with van der Waals surface area (Å²) in [6.45, 7) is 2.66. The predicted molar refractivity (Wildman–Crippen MR) is 170 cm³/mol. The zero-order valence-electron chi connectivity index (χ0n) is 22.8. The summed E-state index contributed by atoms with van der Waals surface area (Å²) in [6.07, 6.45) is 8.30.